The van der Waals surface area contributed by atoms with E-state index in [0.29, 0.717) is 12.5 Å². The molecule has 84 valence electrons. The van der Waals surface area contributed by atoms with Gasteiger partial charge in [0, 0.05) is 6.54 Å². The number of benzene rings is 1. The highest BCUT2D eigenvalue weighted by atomic mass is 14.8. The second kappa shape index (κ2) is 4.77. The van der Waals surface area contributed by atoms with Crippen molar-refractivity contribution in [1.29, 1.82) is 0 Å². The van der Waals surface area contributed by atoms with Crippen LogP contribution in [-0.2, 0) is 12.0 Å². The molecule has 1 unspecified atom stereocenters. The molecule has 1 aromatic carbocycles. The van der Waals surface area contributed by atoms with Crippen molar-refractivity contribution in [2.75, 3.05) is 6.54 Å². The predicted octanol–water partition coefficient (Wildman–Crippen LogP) is 2.02. The molecule has 0 saturated heterocycles. The maximum atomic E-state index is 6.06. The Kier molecular flexibility index (Phi) is 3.89. The molecule has 4 N–H and O–H groups in total. The summed E-state index contributed by atoms with van der Waals surface area (Å²) in [7, 11) is 0. The second-order valence-corrected chi connectivity index (χ2v) is 4.92. The molecule has 0 saturated carbocycles. The molecule has 2 nitrogen and oxygen atoms in total. The Hall–Kier alpha value is -0.860. The standard InChI is InChI=1S/C13H22N2/c1-10(2)8-11-4-6-12(7-5-11)13(3,15)9-14/h4-7,10H,8-9,14-15H2,1-3H3. The lowest BCUT2D eigenvalue weighted by Gasteiger charge is -2.23. The predicted molar refractivity (Wildman–Crippen MR) is 65.6 cm³/mol. The number of hydrogen-bond donors (Lipinski definition) is 2. The van der Waals surface area contributed by atoms with Crippen molar-refractivity contribution in [2.24, 2.45) is 17.4 Å². The molecule has 0 aliphatic heterocycles. The van der Waals surface area contributed by atoms with Gasteiger partial charge in [-0.2, -0.15) is 0 Å². The second-order valence-electron chi connectivity index (χ2n) is 4.92. The van der Waals surface area contributed by atoms with Crippen LogP contribution in [0.1, 0.15) is 31.9 Å². The molecule has 0 aliphatic rings. The summed E-state index contributed by atoms with van der Waals surface area (Å²) in [4.78, 5) is 0. The molecule has 2 heteroatoms. The first-order valence-electron chi connectivity index (χ1n) is 5.54. The molecule has 1 aromatic rings. The monoisotopic (exact) mass is 206 g/mol. The molecule has 0 heterocycles. The highest BCUT2D eigenvalue weighted by Gasteiger charge is 2.18. The van der Waals surface area contributed by atoms with E-state index >= 15 is 0 Å². The van der Waals surface area contributed by atoms with Gasteiger partial charge in [-0.05, 0) is 30.4 Å². The van der Waals surface area contributed by atoms with Crippen LogP contribution < -0.4 is 11.5 Å². The smallest absolute Gasteiger partial charge is 0.0505 e. The minimum absolute atomic E-state index is 0.406. The van der Waals surface area contributed by atoms with Gasteiger partial charge >= 0.3 is 0 Å². The first kappa shape index (κ1) is 12.2. The highest BCUT2D eigenvalue weighted by molar-refractivity contribution is 5.28. The fourth-order valence-electron chi connectivity index (χ4n) is 1.61. The van der Waals surface area contributed by atoms with Crippen LogP contribution in [0.2, 0.25) is 0 Å². The lowest BCUT2D eigenvalue weighted by Crippen LogP contribution is -2.40. The number of nitrogens with two attached hydrogens (primary N) is 2. The number of hydrogen-bond acceptors (Lipinski definition) is 2. The molecule has 15 heavy (non-hydrogen) atoms. The van der Waals surface area contributed by atoms with Crippen LogP contribution in [0.4, 0.5) is 0 Å². The van der Waals surface area contributed by atoms with E-state index in [1.807, 2.05) is 6.92 Å². The summed E-state index contributed by atoms with van der Waals surface area (Å²) < 4.78 is 0. The van der Waals surface area contributed by atoms with Gasteiger partial charge in [-0.1, -0.05) is 38.1 Å². The third kappa shape index (κ3) is 3.33. The average Bonchev–Trinajstić information content (AvgIpc) is 2.18. The van der Waals surface area contributed by atoms with E-state index in [-0.39, 0.29) is 0 Å². The zero-order valence-electron chi connectivity index (χ0n) is 9.96. The third-order valence-electron chi connectivity index (χ3n) is 2.68. The fourth-order valence-corrected chi connectivity index (χ4v) is 1.61. The summed E-state index contributed by atoms with van der Waals surface area (Å²) in [5.41, 5.74) is 13.8. The average molecular weight is 206 g/mol. The van der Waals surface area contributed by atoms with Crippen LogP contribution in [0.3, 0.4) is 0 Å². The van der Waals surface area contributed by atoms with Crippen LogP contribution in [0.15, 0.2) is 24.3 Å². The van der Waals surface area contributed by atoms with Crippen molar-refractivity contribution >= 4 is 0 Å². The molecular formula is C13H22N2. The van der Waals surface area contributed by atoms with E-state index in [2.05, 4.69) is 38.1 Å². The molecule has 0 spiro atoms. The molecule has 1 rings (SSSR count). The van der Waals surface area contributed by atoms with E-state index in [0.717, 1.165) is 12.0 Å². The summed E-state index contributed by atoms with van der Waals surface area (Å²) in [6.07, 6.45) is 1.12. The molecular weight excluding hydrogens is 184 g/mol. The first-order valence-corrected chi connectivity index (χ1v) is 5.54. The van der Waals surface area contributed by atoms with Crippen LogP contribution >= 0.6 is 0 Å². The van der Waals surface area contributed by atoms with E-state index in [1.165, 1.54) is 5.56 Å². The Balaban J connectivity index is 2.81. The van der Waals surface area contributed by atoms with Crippen molar-refractivity contribution in [1.82, 2.24) is 0 Å². The van der Waals surface area contributed by atoms with E-state index < -0.39 is 5.54 Å². The van der Waals surface area contributed by atoms with Crippen LogP contribution in [0.25, 0.3) is 0 Å². The van der Waals surface area contributed by atoms with Crippen LogP contribution in [-0.4, -0.2) is 6.54 Å². The maximum absolute atomic E-state index is 6.06. The van der Waals surface area contributed by atoms with Gasteiger partial charge in [-0.15, -0.1) is 0 Å². The summed E-state index contributed by atoms with van der Waals surface area (Å²) in [5.74, 6) is 0.689. The Morgan fingerprint density at radius 1 is 1.20 bits per heavy atom. The van der Waals surface area contributed by atoms with Crippen LogP contribution in [0, 0.1) is 5.92 Å². The fraction of sp³-hybridized carbons (Fsp3) is 0.538. The quantitative estimate of drug-likeness (QED) is 0.792. The molecule has 0 aromatic heterocycles. The van der Waals surface area contributed by atoms with Gasteiger partial charge in [0.25, 0.3) is 0 Å². The Bertz CT molecular complexity index is 299. The van der Waals surface area contributed by atoms with E-state index in [1.54, 1.807) is 0 Å². The summed E-state index contributed by atoms with van der Waals surface area (Å²) >= 11 is 0. The van der Waals surface area contributed by atoms with Gasteiger partial charge in [0.15, 0.2) is 0 Å². The van der Waals surface area contributed by atoms with Crippen molar-refractivity contribution in [2.45, 2.75) is 32.7 Å². The van der Waals surface area contributed by atoms with Crippen molar-refractivity contribution in [3.05, 3.63) is 35.4 Å². The molecule has 0 bridgehead atoms. The van der Waals surface area contributed by atoms with Crippen molar-refractivity contribution in [3.63, 3.8) is 0 Å². The maximum Gasteiger partial charge on any atom is 0.0505 e. The normalized spacial score (nSPS) is 15.3. The van der Waals surface area contributed by atoms with Gasteiger partial charge in [-0.3, -0.25) is 0 Å². The zero-order chi connectivity index (χ0) is 11.5. The van der Waals surface area contributed by atoms with E-state index in [4.69, 9.17) is 11.5 Å². The minimum atomic E-state index is -0.406. The Morgan fingerprint density at radius 3 is 2.13 bits per heavy atom. The largest absolute Gasteiger partial charge is 0.328 e. The van der Waals surface area contributed by atoms with Crippen molar-refractivity contribution in [3.8, 4) is 0 Å². The van der Waals surface area contributed by atoms with E-state index in [9.17, 15) is 0 Å². The van der Waals surface area contributed by atoms with Gasteiger partial charge in [0.1, 0.15) is 0 Å². The summed E-state index contributed by atoms with van der Waals surface area (Å²) in [6.45, 7) is 6.88. The molecule has 0 radical (unpaired) electrons. The third-order valence-corrected chi connectivity index (χ3v) is 2.68. The van der Waals surface area contributed by atoms with Crippen LogP contribution in [0.5, 0.6) is 0 Å². The molecule has 0 fully saturated rings. The summed E-state index contributed by atoms with van der Waals surface area (Å²) in [6, 6.07) is 8.47. The SMILES string of the molecule is CC(C)Cc1ccc(C(C)(N)CN)cc1. The zero-order valence-corrected chi connectivity index (χ0v) is 9.96. The van der Waals surface area contributed by atoms with Gasteiger partial charge < -0.3 is 11.5 Å². The Labute approximate surface area is 92.7 Å². The molecule has 1 atom stereocenters. The lowest BCUT2D eigenvalue weighted by molar-refractivity contribution is 0.507. The van der Waals surface area contributed by atoms with Gasteiger partial charge in [0.2, 0.25) is 0 Å². The molecule has 0 aliphatic carbocycles. The lowest BCUT2D eigenvalue weighted by atomic mass is 9.91. The van der Waals surface area contributed by atoms with Crippen molar-refractivity contribution < 1.29 is 0 Å². The Morgan fingerprint density at radius 2 is 1.73 bits per heavy atom. The summed E-state index contributed by atoms with van der Waals surface area (Å²) in [5, 5.41) is 0. The first-order chi connectivity index (χ1) is 6.95. The topological polar surface area (TPSA) is 52.0 Å². The molecule has 0 amide bonds. The number of rotatable bonds is 4. The highest BCUT2D eigenvalue weighted by Crippen LogP contribution is 2.18. The van der Waals surface area contributed by atoms with Gasteiger partial charge in [0.05, 0.1) is 5.54 Å². The van der Waals surface area contributed by atoms with Gasteiger partial charge in [-0.25, -0.2) is 0 Å². The minimum Gasteiger partial charge on any atom is -0.328 e.